The fraction of sp³-hybridized carbons (Fsp3) is 0.500. The lowest BCUT2D eigenvalue weighted by atomic mass is 10.3. The van der Waals surface area contributed by atoms with Gasteiger partial charge in [0.1, 0.15) is 0 Å². The number of nitrogens with zero attached hydrogens (tertiary/aromatic N) is 3. The first-order chi connectivity index (χ1) is 6.36. The van der Waals surface area contributed by atoms with Gasteiger partial charge in [0.2, 0.25) is 5.95 Å². The lowest BCUT2D eigenvalue weighted by Gasteiger charge is -2.28. The average Bonchev–Trinajstić information content (AvgIpc) is 2.20. The second-order valence-electron chi connectivity index (χ2n) is 3.04. The third kappa shape index (κ3) is 1.86. The molecule has 3 N–H and O–H groups in total. The molecule has 0 amide bonds. The van der Waals surface area contributed by atoms with E-state index in [9.17, 15) is 0 Å². The van der Waals surface area contributed by atoms with Gasteiger partial charge in [-0.3, -0.25) is 0 Å². The van der Waals surface area contributed by atoms with Gasteiger partial charge in [-0.15, -0.1) is 0 Å². The van der Waals surface area contributed by atoms with Crippen molar-refractivity contribution in [3.05, 3.63) is 12.4 Å². The molecular weight excluding hydrogens is 166 g/mol. The topological polar surface area (TPSA) is 67.1 Å². The number of nitrogen functional groups attached to an aromatic ring is 1. The summed E-state index contributed by atoms with van der Waals surface area (Å²) in [5, 5.41) is 3.29. The van der Waals surface area contributed by atoms with Crippen LogP contribution in [0.4, 0.5) is 11.6 Å². The molecule has 5 heteroatoms. The van der Waals surface area contributed by atoms with Gasteiger partial charge in [0.05, 0.1) is 18.1 Å². The number of hydrogen-bond donors (Lipinski definition) is 2. The molecule has 0 radical (unpaired) electrons. The van der Waals surface area contributed by atoms with Gasteiger partial charge in [-0.2, -0.15) is 0 Å². The number of nitrogens with two attached hydrogens (primary N) is 1. The Morgan fingerprint density at radius 2 is 1.85 bits per heavy atom. The number of nitrogens with one attached hydrogen (secondary N) is 1. The summed E-state index contributed by atoms with van der Waals surface area (Å²) < 4.78 is 0. The van der Waals surface area contributed by atoms with Crippen LogP contribution < -0.4 is 16.0 Å². The molecule has 0 bridgehead atoms. The lowest BCUT2D eigenvalue weighted by molar-refractivity contribution is 0.588. The van der Waals surface area contributed by atoms with Crippen molar-refractivity contribution in [3.8, 4) is 0 Å². The molecule has 2 rings (SSSR count). The molecule has 5 nitrogen and oxygen atoms in total. The third-order valence-electron chi connectivity index (χ3n) is 2.14. The molecule has 0 aliphatic carbocycles. The first-order valence-corrected chi connectivity index (χ1v) is 4.39. The molecule has 1 saturated heterocycles. The predicted octanol–water partition coefficient (Wildman–Crippen LogP) is -0.532. The Kier molecular flexibility index (Phi) is 2.27. The van der Waals surface area contributed by atoms with E-state index in [1.807, 2.05) is 0 Å². The van der Waals surface area contributed by atoms with E-state index in [1.54, 1.807) is 12.4 Å². The molecule has 13 heavy (non-hydrogen) atoms. The fourth-order valence-electron chi connectivity index (χ4n) is 1.42. The minimum atomic E-state index is 0.332. The van der Waals surface area contributed by atoms with E-state index in [0.717, 1.165) is 31.9 Å². The summed E-state index contributed by atoms with van der Waals surface area (Å²) >= 11 is 0. The Hall–Kier alpha value is -1.36. The summed E-state index contributed by atoms with van der Waals surface area (Å²) in [6.07, 6.45) is 3.54. The van der Waals surface area contributed by atoms with Crippen molar-refractivity contribution in [2.24, 2.45) is 0 Å². The van der Waals surface area contributed by atoms with Crippen molar-refractivity contribution in [1.29, 1.82) is 0 Å². The predicted molar refractivity (Wildman–Crippen MR) is 51.5 cm³/mol. The smallest absolute Gasteiger partial charge is 0.220 e. The molecule has 0 aromatic carbocycles. The molecule has 0 atom stereocenters. The van der Waals surface area contributed by atoms with Crippen LogP contribution in [0, 0.1) is 0 Å². The highest BCUT2D eigenvalue weighted by Gasteiger charge is 2.10. The molecule has 1 aromatic rings. The summed E-state index contributed by atoms with van der Waals surface area (Å²) in [6, 6.07) is 0. The van der Waals surface area contributed by atoms with E-state index in [2.05, 4.69) is 20.2 Å². The largest absolute Gasteiger partial charge is 0.368 e. The van der Waals surface area contributed by atoms with Crippen LogP contribution in [0.5, 0.6) is 0 Å². The van der Waals surface area contributed by atoms with Crippen molar-refractivity contribution >= 4 is 11.6 Å². The molecule has 0 unspecified atom stereocenters. The molecule has 0 saturated carbocycles. The van der Waals surface area contributed by atoms with Crippen molar-refractivity contribution in [1.82, 2.24) is 15.3 Å². The first kappa shape index (κ1) is 8.25. The van der Waals surface area contributed by atoms with Gasteiger partial charge in [-0.25, -0.2) is 9.97 Å². The maximum atomic E-state index is 5.40. The van der Waals surface area contributed by atoms with Gasteiger partial charge >= 0.3 is 0 Å². The molecule has 70 valence electrons. The number of hydrogen-bond acceptors (Lipinski definition) is 5. The number of piperazine rings is 1. The highest BCUT2D eigenvalue weighted by molar-refractivity contribution is 5.44. The van der Waals surface area contributed by atoms with Gasteiger partial charge in [0.15, 0.2) is 0 Å². The monoisotopic (exact) mass is 179 g/mol. The minimum absolute atomic E-state index is 0.332. The Balaban J connectivity index is 2.10. The highest BCUT2D eigenvalue weighted by Crippen LogP contribution is 2.11. The SMILES string of the molecule is Nc1ncc(N2CCNCC2)cn1. The van der Waals surface area contributed by atoms with E-state index < -0.39 is 0 Å². The molecule has 2 heterocycles. The zero-order chi connectivity index (χ0) is 9.10. The van der Waals surface area contributed by atoms with E-state index in [4.69, 9.17) is 5.73 Å². The third-order valence-corrected chi connectivity index (χ3v) is 2.14. The van der Waals surface area contributed by atoms with E-state index in [1.165, 1.54) is 0 Å². The van der Waals surface area contributed by atoms with E-state index in [-0.39, 0.29) is 0 Å². The maximum absolute atomic E-state index is 5.40. The van der Waals surface area contributed by atoms with Gasteiger partial charge in [-0.1, -0.05) is 0 Å². The maximum Gasteiger partial charge on any atom is 0.220 e. The highest BCUT2D eigenvalue weighted by atomic mass is 15.2. The molecule has 1 aliphatic rings. The average molecular weight is 179 g/mol. The molecular formula is C8H13N5. The number of aromatic nitrogens is 2. The summed E-state index contributed by atoms with van der Waals surface area (Å²) in [4.78, 5) is 10.2. The van der Waals surface area contributed by atoms with Crippen LogP contribution in [0.15, 0.2) is 12.4 Å². The summed E-state index contributed by atoms with van der Waals surface area (Å²) in [7, 11) is 0. The van der Waals surface area contributed by atoms with Crippen molar-refractivity contribution < 1.29 is 0 Å². The zero-order valence-electron chi connectivity index (χ0n) is 7.40. The van der Waals surface area contributed by atoms with Crippen molar-refractivity contribution in [3.63, 3.8) is 0 Å². The Bertz CT molecular complexity index is 264. The molecule has 1 aliphatic heterocycles. The van der Waals surface area contributed by atoms with Crippen LogP contribution in [-0.4, -0.2) is 36.1 Å². The molecule has 1 aromatic heterocycles. The lowest BCUT2D eigenvalue weighted by Crippen LogP contribution is -2.43. The minimum Gasteiger partial charge on any atom is -0.368 e. The number of anilines is 2. The second-order valence-corrected chi connectivity index (χ2v) is 3.04. The summed E-state index contributed by atoms with van der Waals surface area (Å²) in [5.41, 5.74) is 6.45. The first-order valence-electron chi connectivity index (χ1n) is 4.39. The van der Waals surface area contributed by atoms with Crippen LogP contribution >= 0.6 is 0 Å². The van der Waals surface area contributed by atoms with E-state index in [0.29, 0.717) is 5.95 Å². The Labute approximate surface area is 77.0 Å². The van der Waals surface area contributed by atoms with Gasteiger partial charge in [0.25, 0.3) is 0 Å². The van der Waals surface area contributed by atoms with Crippen LogP contribution in [0.25, 0.3) is 0 Å². The van der Waals surface area contributed by atoms with Crippen LogP contribution in [-0.2, 0) is 0 Å². The van der Waals surface area contributed by atoms with Crippen molar-refractivity contribution in [2.45, 2.75) is 0 Å². The van der Waals surface area contributed by atoms with Gasteiger partial charge < -0.3 is 16.0 Å². The Morgan fingerprint density at radius 3 is 2.46 bits per heavy atom. The van der Waals surface area contributed by atoms with E-state index >= 15 is 0 Å². The van der Waals surface area contributed by atoms with Crippen molar-refractivity contribution in [2.75, 3.05) is 36.8 Å². The van der Waals surface area contributed by atoms with Crippen LogP contribution in [0.2, 0.25) is 0 Å². The fourth-order valence-corrected chi connectivity index (χ4v) is 1.42. The quantitative estimate of drug-likeness (QED) is 0.606. The Morgan fingerprint density at radius 1 is 1.23 bits per heavy atom. The van der Waals surface area contributed by atoms with Gasteiger partial charge in [0, 0.05) is 26.2 Å². The normalized spacial score (nSPS) is 17.4. The molecule has 1 fully saturated rings. The zero-order valence-corrected chi connectivity index (χ0v) is 7.40. The molecule has 0 spiro atoms. The number of rotatable bonds is 1. The van der Waals surface area contributed by atoms with Crippen LogP contribution in [0.1, 0.15) is 0 Å². The summed E-state index contributed by atoms with van der Waals surface area (Å²) in [5.74, 6) is 0.332. The second kappa shape index (κ2) is 3.57. The summed E-state index contributed by atoms with van der Waals surface area (Å²) in [6.45, 7) is 4.05. The van der Waals surface area contributed by atoms with Crippen LogP contribution in [0.3, 0.4) is 0 Å². The van der Waals surface area contributed by atoms with Gasteiger partial charge in [-0.05, 0) is 0 Å². The standard InChI is InChI=1S/C8H13N5/c9-8-11-5-7(6-12-8)13-3-1-10-2-4-13/h5-6,10H,1-4H2,(H2,9,11,12).